The van der Waals surface area contributed by atoms with Crippen LogP contribution >= 0.6 is 0 Å². The van der Waals surface area contributed by atoms with E-state index in [9.17, 15) is 22.4 Å². The fourth-order valence-electron chi connectivity index (χ4n) is 4.97. The van der Waals surface area contributed by atoms with Crippen molar-refractivity contribution in [2.45, 2.75) is 69.6 Å². The molecule has 2 unspecified atom stereocenters. The molecule has 1 fully saturated rings. The van der Waals surface area contributed by atoms with E-state index >= 15 is 0 Å². The van der Waals surface area contributed by atoms with Crippen LogP contribution in [-0.2, 0) is 20.4 Å². The fraction of sp³-hybridized carbons (Fsp3) is 0.560. The maximum Gasteiger partial charge on any atom is 0.416 e. The van der Waals surface area contributed by atoms with Crippen LogP contribution in [0.25, 0.3) is 0 Å². The second kappa shape index (κ2) is 9.87. The highest BCUT2D eigenvalue weighted by Gasteiger charge is 2.46. The molecule has 6 atom stereocenters. The predicted octanol–water partition coefficient (Wildman–Crippen LogP) is 6.15. The summed E-state index contributed by atoms with van der Waals surface area (Å²) in [6.45, 7) is 2.05. The molecule has 1 aliphatic carbocycles. The Morgan fingerprint density at radius 3 is 2.73 bits per heavy atom. The van der Waals surface area contributed by atoms with Crippen molar-refractivity contribution in [1.29, 1.82) is 0 Å². The number of unbranched alkanes of at least 4 members (excludes halogenated alkanes) is 1. The maximum absolute atomic E-state index is 14.8. The lowest BCUT2D eigenvalue weighted by Crippen LogP contribution is -2.49. The van der Waals surface area contributed by atoms with Crippen molar-refractivity contribution in [2.24, 2.45) is 11.8 Å². The van der Waals surface area contributed by atoms with Gasteiger partial charge in [0.2, 0.25) is 0 Å². The molecule has 1 N–H and O–H groups in total. The normalized spacial score (nSPS) is 30.8. The number of hydrogen-bond acceptors (Lipinski definition) is 4. The first-order valence-corrected chi connectivity index (χ1v) is 11.6. The summed E-state index contributed by atoms with van der Waals surface area (Å²) in [6.07, 6.45) is 3.16. The Kier molecular flexibility index (Phi) is 7.12. The van der Waals surface area contributed by atoms with Crippen molar-refractivity contribution in [3.8, 4) is 0 Å². The Bertz CT molecular complexity index is 913. The zero-order valence-electron chi connectivity index (χ0n) is 18.5. The molecule has 33 heavy (non-hydrogen) atoms. The minimum absolute atomic E-state index is 0.0654. The Morgan fingerprint density at radius 1 is 1.21 bits per heavy atom. The number of rotatable bonds is 6. The smallest absolute Gasteiger partial charge is 0.416 e. The van der Waals surface area contributed by atoms with Gasteiger partial charge in [-0.1, -0.05) is 37.6 Å². The summed E-state index contributed by atoms with van der Waals surface area (Å²) in [4.78, 5) is 11.9. The predicted molar refractivity (Wildman–Crippen MR) is 116 cm³/mol. The van der Waals surface area contributed by atoms with Crippen LogP contribution in [0.4, 0.5) is 23.2 Å². The van der Waals surface area contributed by atoms with Crippen LogP contribution < -0.4 is 5.32 Å². The number of ether oxygens (including phenoxy) is 2. The van der Waals surface area contributed by atoms with Gasteiger partial charge < -0.3 is 14.8 Å². The van der Waals surface area contributed by atoms with Crippen molar-refractivity contribution >= 4 is 11.7 Å². The number of nitrogens with one attached hydrogen (secondary N) is 1. The van der Waals surface area contributed by atoms with Crippen molar-refractivity contribution in [3.05, 3.63) is 53.6 Å². The zero-order chi connectivity index (χ0) is 23.6. The third-order valence-corrected chi connectivity index (χ3v) is 6.71. The van der Waals surface area contributed by atoms with Crippen molar-refractivity contribution in [2.75, 3.05) is 11.9 Å². The summed E-state index contributed by atoms with van der Waals surface area (Å²) in [5.41, 5.74) is 0.185. The third-order valence-electron chi connectivity index (χ3n) is 6.71. The van der Waals surface area contributed by atoms with Crippen LogP contribution in [0.1, 0.15) is 56.3 Å². The minimum atomic E-state index is -4.48. The highest BCUT2D eigenvalue weighted by Crippen LogP contribution is 2.49. The lowest BCUT2D eigenvalue weighted by atomic mass is 9.72. The fourth-order valence-corrected chi connectivity index (χ4v) is 4.97. The molecule has 1 aromatic carbocycles. The molecule has 2 heterocycles. The van der Waals surface area contributed by atoms with Gasteiger partial charge in [0, 0.05) is 35.5 Å². The molecule has 2 aliphatic heterocycles. The second-order valence-corrected chi connectivity index (χ2v) is 8.97. The average Bonchev–Trinajstić information content (AvgIpc) is 2.80. The van der Waals surface area contributed by atoms with E-state index in [4.69, 9.17) is 9.47 Å². The van der Waals surface area contributed by atoms with Crippen molar-refractivity contribution in [3.63, 3.8) is 0 Å². The lowest BCUT2D eigenvalue weighted by molar-refractivity contribution is -0.157. The molecule has 1 aromatic rings. The van der Waals surface area contributed by atoms with Crippen LogP contribution in [0.5, 0.6) is 0 Å². The first-order chi connectivity index (χ1) is 15.8. The molecule has 1 saturated heterocycles. The number of carbonyl (C=O) groups excluding carboxylic acids is 1. The number of halogens is 4. The van der Waals surface area contributed by atoms with Gasteiger partial charge in [-0.2, -0.15) is 13.2 Å². The highest BCUT2D eigenvalue weighted by molar-refractivity contribution is 5.69. The second-order valence-electron chi connectivity index (χ2n) is 8.97. The van der Waals surface area contributed by atoms with Gasteiger partial charge in [-0.05, 0) is 37.5 Å². The molecular formula is C25H29F4NO3. The van der Waals surface area contributed by atoms with Crippen LogP contribution in [-0.4, -0.2) is 30.9 Å². The monoisotopic (exact) mass is 467 g/mol. The van der Waals surface area contributed by atoms with Gasteiger partial charge in [-0.15, -0.1) is 0 Å². The Hall–Kier alpha value is -2.35. The van der Waals surface area contributed by atoms with Gasteiger partial charge in [0.15, 0.2) is 0 Å². The third kappa shape index (κ3) is 5.26. The number of carbonyl (C=O) groups is 1. The number of allylic oxidation sites excluding steroid dienone is 3. The van der Waals surface area contributed by atoms with Crippen LogP contribution in [0.15, 0.2) is 42.5 Å². The van der Waals surface area contributed by atoms with E-state index < -0.39 is 36.0 Å². The van der Waals surface area contributed by atoms with Gasteiger partial charge in [-0.25, -0.2) is 4.39 Å². The summed E-state index contributed by atoms with van der Waals surface area (Å²) in [5.74, 6) is -0.970. The van der Waals surface area contributed by atoms with Crippen LogP contribution in [0, 0.1) is 11.8 Å². The first kappa shape index (κ1) is 23.8. The zero-order valence-corrected chi connectivity index (χ0v) is 18.5. The molecular weight excluding hydrogens is 438 g/mol. The molecule has 0 saturated carbocycles. The van der Waals surface area contributed by atoms with Crippen LogP contribution in [0.3, 0.4) is 0 Å². The number of fused-ring (bicyclic) bond motifs is 3. The standard InChI is InChI=1S/C25H29F4NO3/c1-2-3-8-22(31)32-14-16-10-11-18-23(17-6-4-5-7-20(17)26)30-21-12-9-15(25(27,28)29)13-19(21)24(18)33-16/h4-7,9,12-13,16-18,20,23-24,30H,2-3,8,10-11,14H2,1H3/t16-,17?,18+,20?,23+,24+/m1/s1. The van der Waals surface area contributed by atoms with Gasteiger partial charge >= 0.3 is 12.1 Å². The summed E-state index contributed by atoms with van der Waals surface area (Å²) in [6, 6.07) is 3.22. The molecule has 0 bridgehead atoms. The maximum atomic E-state index is 14.8. The molecule has 4 nitrogen and oxygen atoms in total. The Balaban J connectivity index is 1.58. The van der Waals surface area contributed by atoms with Gasteiger partial charge in [0.25, 0.3) is 0 Å². The molecule has 3 aliphatic rings. The number of esters is 1. The molecule has 4 rings (SSSR count). The molecule has 8 heteroatoms. The number of hydrogen-bond donors (Lipinski definition) is 1. The van der Waals surface area contributed by atoms with Gasteiger partial charge in [-0.3, -0.25) is 4.79 Å². The molecule has 0 amide bonds. The van der Waals surface area contributed by atoms with E-state index in [1.165, 1.54) is 12.1 Å². The quantitative estimate of drug-likeness (QED) is 0.403. The minimum Gasteiger partial charge on any atom is -0.463 e. The van der Waals surface area contributed by atoms with Gasteiger partial charge in [0.1, 0.15) is 12.8 Å². The Morgan fingerprint density at radius 2 is 2.00 bits per heavy atom. The average molecular weight is 468 g/mol. The molecule has 0 radical (unpaired) electrons. The lowest BCUT2D eigenvalue weighted by Gasteiger charge is -2.48. The van der Waals surface area contributed by atoms with Crippen molar-refractivity contribution in [1.82, 2.24) is 0 Å². The van der Waals surface area contributed by atoms with Crippen molar-refractivity contribution < 1.29 is 31.8 Å². The van der Waals surface area contributed by atoms with E-state index in [1.807, 2.05) is 6.92 Å². The topological polar surface area (TPSA) is 47.6 Å². The van der Waals surface area contributed by atoms with E-state index in [0.29, 0.717) is 30.5 Å². The number of benzene rings is 1. The first-order valence-electron chi connectivity index (χ1n) is 11.6. The summed E-state index contributed by atoms with van der Waals surface area (Å²) in [7, 11) is 0. The summed E-state index contributed by atoms with van der Waals surface area (Å²) < 4.78 is 66.6. The number of anilines is 1. The molecule has 180 valence electrons. The summed E-state index contributed by atoms with van der Waals surface area (Å²) >= 11 is 0. The SMILES string of the molecule is CCCCC(=O)OC[C@H]1CC[C@@H]2[C@H](O1)c1cc(C(F)(F)F)ccc1N[C@H]2C1C=CC=CC1F. The highest BCUT2D eigenvalue weighted by atomic mass is 19.4. The van der Waals surface area contributed by atoms with E-state index in [1.54, 1.807) is 18.2 Å². The van der Waals surface area contributed by atoms with E-state index in [2.05, 4.69) is 5.32 Å². The van der Waals surface area contributed by atoms with E-state index in [-0.39, 0.29) is 24.5 Å². The number of alkyl halides is 4. The van der Waals surface area contributed by atoms with E-state index in [0.717, 1.165) is 25.0 Å². The Labute approximate surface area is 191 Å². The largest absolute Gasteiger partial charge is 0.463 e. The van der Waals surface area contributed by atoms with Gasteiger partial charge in [0.05, 0.1) is 17.8 Å². The molecule has 0 spiro atoms. The van der Waals surface area contributed by atoms with Crippen LogP contribution in [0.2, 0.25) is 0 Å². The molecule has 0 aromatic heterocycles. The summed E-state index contributed by atoms with van der Waals surface area (Å²) in [5, 5.41) is 3.31.